The smallest absolute Gasteiger partial charge is 0.309 e. The second-order valence-corrected chi connectivity index (χ2v) is 4.97. The Morgan fingerprint density at radius 2 is 2.15 bits per heavy atom. The van der Waals surface area contributed by atoms with Crippen LogP contribution in [0.4, 0.5) is 4.39 Å². The van der Waals surface area contributed by atoms with E-state index in [0.29, 0.717) is 6.42 Å². The van der Waals surface area contributed by atoms with Crippen molar-refractivity contribution in [3.8, 4) is 5.69 Å². The molecule has 1 aromatic heterocycles. The third kappa shape index (κ3) is 2.19. The predicted molar refractivity (Wildman–Crippen MR) is 71.1 cm³/mol. The molecule has 1 aromatic carbocycles. The number of carbonyl (C=O) groups is 1. The molecule has 1 unspecified atom stereocenters. The van der Waals surface area contributed by atoms with Crippen LogP contribution in [-0.4, -0.2) is 22.9 Å². The Morgan fingerprint density at radius 3 is 2.85 bits per heavy atom. The Balaban J connectivity index is 1.90. The predicted octanol–water partition coefficient (Wildman–Crippen LogP) is 2.29. The fourth-order valence-electron chi connectivity index (χ4n) is 2.70. The molecule has 0 fully saturated rings. The van der Waals surface area contributed by atoms with Crippen LogP contribution in [0.2, 0.25) is 0 Å². The lowest BCUT2D eigenvalue weighted by atomic mass is 9.88. The lowest BCUT2D eigenvalue weighted by molar-refractivity contribution is -0.145. The van der Waals surface area contributed by atoms with Crippen molar-refractivity contribution in [1.29, 1.82) is 0 Å². The fraction of sp³-hybridized carbons (Fsp3) is 0.333. The highest BCUT2D eigenvalue weighted by atomic mass is 19.1. The van der Waals surface area contributed by atoms with Crippen molar-refractivity contribution in [2.75, 3.05) is 7.11 Å². The summed E-state index contributed by atoms with van der Waals surface area (Å²) in [5, 5.41) is 4.36. The molecule has 5 heteroatoms. The molecule has 1 aliphatic carbocycles. The van der Waals surface area contributed by atoms with Crippen LogP contribution in [0.3, 0.4) is 0 Å². The lowest BCUT2D eigenvalue weighted by Gasteiger charge is -2.20. The van der Waals surface area contributed by atoms with Gasteiger partial charge in [0.05, 0.1) is 24.9 Å². The van der Waals surface area contributed by atoms with Crippen LogP contribution in [0.1, 0.15) is 17.7 Å². The summed E-state index contributed by atoms with van der Waals surface area (Å²) in [4.78, 5) is 11.6. The summed E-state index contributed by atoms with van der Waals surface area (Å²) in [7, 11) is 1.42. The summed E-state index contributed by atoms with van der Waals surface area (Å²) < 4.78 is 19.6. The van der Waals surface area contributed by atoms with Crippen molar-refractivity contribution in [2.45, 2.75) is 19.3 Å². The van der Waals surface area contributed by atoms with Crippen LogP contribution < -0.4 is 0 Å². The Kier molecular flexibility index (Phi) is 3.26. The lowest BCUT2D eigenvalue weighted by Crippen LogP contribution is -2.24. The summed E-state index contributed by atoms with van der Waals surface area (Å²) in [5.74, 6) is -0.510. The molecule has 0 radical (unpaired) electrons. The number of hydrogen-bond donors (Lipinski definition) is 0. The van der Waals surface area contributed by atoms with Crippen LogP contribution >= 0.6 is 0 Å². The van der Waals surface area contributed by atoms with Crippen LogP contribution in [0, 0.1) is 11.7 Å². The second-order valence-electron chi connectivity index (χ2n) is 4.97. The number of rotatable bonds is 2. The first-order valence-corrected chi connectivity index (χ1v) is 6.58. The standard InChI is InChI=1S/C15H15FN2O2/c1-20-15(19)10-2-7-14-11(8-10)9-17-18(14)13-5-3-12(16)4-6-13/h3-6,9-10H,2,7-8H2,1H3. The van der Waals surface area contributed by atoms with Crippen molar-refractivity contribution in [3.05, 3.63) is 47.5 Å². The maximum Gasteiger partial charge on any atom is 0.309 e. The van der Waals surface area contributed by atoms with E-state index in [4.69, 9.17) is 4.74 Å². The number of methoxy groups -OCH3 is 1. The van der Waals surface area contributed by atoms with Crippen molar-refractivity contribution in [3.63, 3.8) is 0 Å². The topological polar surface area (TPSA) is 44.1 Å². The van der Waals surface area contributed by atoms with Gasteiger partial charge in [0.25, 0.3) is 0 Å². The van der Waals surface area contributed by atoms with Crippen LogP contribution in [0.5, 0.6) is 0 Å². The van der Waals surface area contributed by atoms with E-state index in [2.05, 4.69) is 5.10 Å². The minimum Gasteiger partial charge on any atom is -0.469 e. The molecule has 0 bridgehead atoms. The van der Waals surface area contributed by atoms with Gasteiger partial charge in [-0.3, -0.25) is 4.79 Å². The SMILES string of the molecule is COC(=O)C1CCc2c(cnn2-c2ccc(F)cc2)C1. The monoisotopic (exact) mass is 274 g/mol. The largest absolute Gasteiger partial charge is 0.469 e. The summed E-state index contributed by atoms with van der Waals surface area (Å²) >= 11 is 0. The molecule has 1 atom stereocenters. The number of esters is 1. The van der Waals surface area contributed by atoms with Crippen LogP contribution in [-0.2, 0) is 22.4 Å². The molecule has 3 rings (SSSR count). The number of fused-ring (bicyclic) bond motifs is 1. The van der Waals surface area contributed by atoms with E-state index in [1.54, 1.807) is 18.3 Å². The zero-order chi connectivity index (χ0) is 14.1. The minimum absolute atomic E-state index is 0.0848. The first kappa shape index (κ1) is 12.8. The number of ether oxygens (including phenoxy) is 1. The highest BCUT2D eigenvalue weighted by molar-refractivity contribution is 5.73. The van der Waals surface area contributed by atoms with Crippen LogP contribution in [0.15, 0.2) is 30.5 Å². The Labute approximate surface area is 116 Å². The fourth-order valence-corrected chi connectivity index (χ4v) is 2.70. The van der Waals surface area contributed by atoms with E-state index >= 15 is 0 Å². The van der Waals surface area contributed by atoms with Gasteiger partial charge in [-0.2, -0.15) is 5.10 Å². The first-order valence-electron chi connectivity index (χ1n) is 6.58. The van der Waals surface area contributed by atoms with Crippen molar-refractivity contribution < 1.29 is 13.9 Å². The molecule has 1 heterocycles. The summed E-state index contributed by atoms with van der Waals surface area (Å²) in [6, 6.07) is 6.25. The summed E-state index contributed by atoms with van der Waals surface area (Å²) in [5.41, 5.74) is 3.00. The number of nitrogens with zero attached hydrogens (tertiary/aromatic N) is 2. The highest BCUT2D eigenvalue weighted by Crippen LogP contribution is 2.28. The molecule has 20 heavy (non-hydrogen) atoms. The number of halogens is 1. The molecule has 2 aromatic rings. The minimum atomic E-state index is -0.263. The number of carbonyl (C=O) groups excluding carboxylic acids is 1. The van der Waals surface area contributed by atoms with Gasteiger partial charge in [0.2, 0.25) is 0 Å². The van der Waals surface area contributed by atoms with Gasteiger partial charge < -0.3 is 4.74 Å². The van der Waals surface area contributed by atoms with Crippen molar-refractivity contribution >= 4 is 5.97 Å². The average Bonchev–Trinajstić information content (AvgIpc) is 2.90. The third-order valence-corrected chi connectivity index (χ3v) is 3.76. The Hall–Kier alpha value is -2.17. The molecule has 0 aliphatic heterocycles. The van der Waals surface area contributed by atoms with E-state index in [1.165, 1.54) is 19.2 Å². The molecule has 0 spiro atoms. The van der Waals surface area contributed by atoms with E-state index in [-0.39, 0.29) is 17.7 Å². The third-order valence-electron chi connectivity index (χ3n) is 3.76. The van der Waals surface area contributed by atoms with Gasteiger partial charge in [0, 0.05) is 5.69 Å². The quantitative estimate of drug-likeness (QED) is 0.789. The maximum absolute atomic E-state index is 13.0. The van der Waals surface area contributed by atoms with E-state index in [9.17, 15) is 9.18 Å². The van der Waals surface area contributed by atoms with Gasteiger partial charge in [0.1, 0.15) is 5.82 Å². The summed E-state index contributed by atoms with van der Waals surface area (Å²) in [6.45, 7) is 0. The number of benzene rings is 1. The van der Waals surface area contributed by atoms with Gasteiger partial charge in [-0.15, -0.1) is 0 Å². The molecule has 0 amide bonds. The van der Waals surface area contributed by atoms with Crippen molar-refractivity contribution in [1.82, 2.24) is 9.78 Å². The van der Waals surface area contributed by atoms with E-state index in [0.717, 1.165) is 29.8 Å². The first-order chi connectivity index (χ1) is 9.69. The highest BCUT2D eigenvalue weighted by Gasteiger charge is 2.28. The van der Waals surface area contributed by atoms with Gasteiger partial charge in [0.15, 0.2) is 0 Å². The molecular weight excluding hydrogens is 259 g/mol. The zero-order valence-corrected chi connectivity index (χ0v) is 11.2. The zero-order valence-electron chi connectivity index (χ0n) is 11.2. The molecule has 104 valence electrons. The molecular formula is C15H15FN2O2. The molecule has 1 aliphatic rings. The van der Waals surface area contributed by atoms with Gasteiger partial charge in [-0.25, -0.2) is 9.07 Å². The van der Waals surface area contributed by atoms with Gasteiger partial charge in [-0.1, -0.05) is 0 Å². The summed E-state index contributed by atoms with van der Waals surface area (Å²) in [6.07, 6.45) is 3.97. The second kappa shape index (κ2) is 5.07. The Morgan fingerprint density at radius 1 is 1.40 bits per heavy atom. The Bertz CT molecular complexity index is 634. The average molecular weight is 274 g/mol. The molecule has 0 saturated heterocycles. The number of hydrogen-bond acceptors (Lipinski definition) is 3. The van der Waals surface area contributed by atoms with Gasteiger partial charge >= 0.3 is 5.97 Å². The van der Waals surface area contributed by atoms with Crippen LogP contribution in [0.25, 0.3) is 5.69 Å². The van der Waals surface area contributed by atoms with E-state index in [1.807, 2.05) is 4.68 Å². The molecule has 4 nitrogen and oxygen atoms in total. The van der Waals surface area contributed by atoms with E-state index < -0.39 is 0 Å². The maximum atomic E-state index is 13.0. The molecule has 0 saturated carbocycles. The number of aromatic nitrogens is 2. The van der Waals surface area contributed by atoms with Gasteiger partial charge in [-0.05, 0) is 49.1 Å². The molecule has 0 N–H and O–H groups in total. The van der Waals surface area contributed by atoms with Crippen molar-refractivity contribution in [2.24, 2.45) is 5.92 Å². The normalized spacial score (nSPS) is 17.6.